The minimum absolute atomic E-state index is 0.241. The standard InChI is InChI=1S/C54H63O4Si3.3C4H9.Sn/c1-52(2,3)59(43-28-16-10-17-29-43,44-30-18-11-19-31-44)56-42-50-51(58-61(54(7,8)9,47-36-24-14-25-37-47)48-38-26-15-27-39-48)49(40-41-55-50)57-60(53(4,5)6,45-32-20-12-21-33-45)46-34-22-13-23-35-46;3*1-3-4-2;/h10-40,49-51H,42H2,1-9H3;3*1,3-4H2,2H3;/t49-,50?,51+;;;;/m1..../s1. The van der Waals surface area contributed by atoms with Gasteiger partial charge < -0.3 is 0 Å². The molecule has 0 aliphatic carbocycles. The molecule has 3 atom stereocenters. The maximum atomic E-state index is 8.67. The van der Waals surface area contributed by atoms with E-state index in [1.165, 1.54) is 86.7 Å². The van der Waals surface area contributed by atoms with Gasteiger partial charge in [-0.25, -0.2) is 0 Å². The van der Waals surface area contributed by atoms with Gasteiger partial charge in [0.2, 0.25) is 0 Å². The van der Waals surface area contributed by atoms with E-state index in [9.17, 15) is 0 Å². The minimum atomic E-state index is -3.42. The first-order valence-electron chi connectivity index (χ1n) is 28.2. The molecular formula is C66H90O4Si3Sn. The van der Waals surface area contributed by atoms with Crippen LogP contribution in [0.4, 0.5) is 0 Å². The van der Waals surface area contributed by atoms with Crippen LogP contribution in [-0.4, -0.2) is 68.2 Å². The number of ether oxygens (including phenoxy) is 1. The van der Waals surface area contributed by atoms with Crippen LogP contribution in [0.25, 0.3) is 0 Å². The van der Waals surface area contributed by atoms with Gasteiger partial charge in [-0.1, -0.05) is 0 Å². The number of unbranched alkanes of at least 4 members (excludes halogenated alkanes) is 3. The third-order valence-electron chi connectivity index (χ3n) is 16.2. The second kappa shape index (κ2) is 25.1. The van der Waals surface area contributed by atoms with Gasteiger partial charge in [-0.15, -0.1) is 0 Å². The monoisotopic (exact) mass is 1150 g/mol. The third-order valence-corrected chi connectivity index (χ3v) is 46.3. The van der Waals surface area contributed by atoms with Crippen molar-refractivity contribution in [2.45, 2.75) is 168 Å². The van der Waals surface area contributed by atoms with E-state index in [0.717, 1.165) is 0 Å². The quantitative estimate of drug-likeness (QED) is 0.0599. The molecule has 7 rings (SSSR count). The fourth-order valence-electron chi connectivity index (χ4n) is 12.4. The zero-order valence-corrected chi connectivity index (χ0v) is 53.2. The first-order valence-corrected chi connectivity index (χ1v) is 41.4. The molecule has 1 unspecified atom stereocenters. The summed E-state index contributed by atoms with van der Waals surface area (Å²) < 4.78 is 38.8. The predicted octanol–water partition coefficient (Wildman–Crippen LogP) is 14.1. The molecule has 0 radical (unpaired) electrons. The van der Waals surface area contributed by atoms with Crippen molar-refractivity contribution in [2.24, 2.45) is 0 Å². The van der Waals surface area contributed by atoms with Crippen molar-refractivity contribution in [1.82, 2.24) is 0 Å². The first kappa shape index (κ1) is 57.9. The number of hydrogen-bond acceptors (Lipinski definition) is 4. The summed E-state index contributed by atoms with van der Waals surface area (Å²) in [5.41, 5.74) is 0. The molecular weight excluding hydrogens is 1060 g/mol. The van der Waals surface area contributed by atoms with Crippen LogP contribution < -0.4 is 31.1 Å². The zero-order valence-electron chi connectivity index (χ0n) is 47.3. The van der Waals surface area contributed by atoms with Crippen molar-refractivity contribution in [1.29, 1.82) is 0 Å². The molecule has 0 amide bonds. The van der Waals surface area contributed by atoms with E-state index in [2.05, 4.69) is 271 Å². The van der Waals surface area contributed by atoms with Crippen LogP contribution in [-0.2, 0) is 18.0 Å². The van der Waals surface area contributed by atoms with E-state index in [1.54, 1.807) is 0 Å². The van der Waals surface area contributed by atoms with Crippen LogP contribution in [0.3, 0.4) is 0 Å². The number of rotatable bonds is 23. The van der Waals surface area contributed by atoms with E-state index in [-0.39, 0.29) is 15.1 Å². The molecule has 0 bridgehead atoms. The molecule has 1 aliphatic heterocycles. The van der Waals surface area contributed by atoms with Crippen molar-refractivity contribution < 1.29 is 18.0 Å². The molecule has 0 aromatic heterocycles. The molecule has 0 saturated carbocycles. The summed E-state index contributed by atoms with van der Waals surface area (Å²) in [5, 5.41) is 6.71. The number of hydrogen-bond donors (Lipinski definition) is 0. The molecule has 6 aromatic rings. The van der Waals surface area contributed by atoms with E-state index in [1.807, 2.05) is 0 Å². The summed E-state index contributed by atoms with van der Waals surface area (Å²) >= 11 is -3.42. The molecule has 6 aromatic carbocycles. The van der Waals surface area contributed by atoms with Crippen LogP contribution in [0.15, 0.2) is 192 Å². The average molecular weight is 1150 g/mol. The second-order valence-electron chi connectivity index (χ2n) is 24.2. The van der Waals surface area contributed by atoms with Crippen LogP contribution in [0.5, 0.6) is 0 Å². The van der Waals surface area contributed by atoms with Gasteiger partial charge in [0.1, 0.15) is 0 Å². The zero-order chi connectivity index (χ0) is 53.1. The van der Waals surface area contributed by atoms with Gasteiger partial charge in [0.25, 0.3) is 0 Å². The van der Waals surface area contributed by atoms with Gasteiger partial charge in [0.05, 0.1) is 0 Å². The predicted molar refractivity (Wildman–Crippen MR) is 326 cm³/mol. The molecule has 0 N–H and O–H groups in total. The van der Waals surface area contributed by atoms with Crippen molar-refractivity contribution >= 4 is 74.4 Å². The van der Waals surface area contributed by atoms with Crippen molar-refractivity contribution in [3.05, 3.63) is 192 Å². The van der Waals surface area contributed by atoms with Gasteiger partial charge in [-0.3, -0.25) is 0 Å². The van der Waals surface area contributed by atoms with Gasteiger partial charge >= 0.3 is 459 Å². The Morgan fingerprint density at radius 2 is 0.689 bits per heavy atom. The van der Waals surface area contributed by atoms with Crippen LogP contribution in [0.1, 0.15) is 122 Å². The molecule has 1 heterocycles. The SMILES string of the molecule is CCC[CH2][Sn]([CH2]CCC)([CH2]CCC)[C]1=C[C@@H](O[Si](c2ccccc2)(c2ccccc2)C(C)(C)C)[C@H](O[Si](c2ccccc2)(c2ccccc2)C(C)(C)C)C(CO[Si](c2ccccc2)(c2ccccc2)C(C)(C)C)O1. The van der Waals surface area contributed by atoms with E-state index >= 15 is 0 Å². The van der Waals surface area contributed by atoms with E-state index in [4.69, 9.17) is 18.0 Å². The topological polar surface area (TPSA) is 36.9 Å². The van der Waals surface area contributed by atoms with Crippen LogP contribution in [0.2, 0.25) is 28.4 Å². The van der Waals surface area contributed by atoms with Gasteiger partial charge in [-0.2, -0.15) is 0 Å². The Balaban J connectivity index is 1.60. The van der Waals surface area contributed by atoms with Gasteiger partial charge in [-0.05, 0) is 0 Å². The molecule has 4 nitrogen and oxygen atoms in total. The van der Waals surface area contributed by atoms with Crippen molar-refractivity contribution in [2.75, 3.05) is 6.61 Å². The Bertz CT molecular complexity index is 2490. The second-order valence-corrected chi connectivity index (χ2v) is 50.1. The molecule has 0 saturated heterocycles. The summed E-state index contributed by atoms with van der Waals surface area (Å²) in [6.45, 7) is 29.1. The Morgan fingerprint density at radius 1 is 0.405 bits per heavy atom. The fraction of sp³-hybridized carbons (Fsp3) is 0.424. The Hall–Kier alpha value is -3.81. The summed E-state index contributed by atoms with van der Waals surface area (Å²) in [4.78, 5) is 0. The summed E-state index contributed by atoms with van der Waals surface area (Å²) in [6, 6.07) is 67.1. The number of benzene rings is 6. The fourth-order valence-corrected chi connectivity index (χ4v) is 42.0. The van der Waals surface area contributed by atoms with Gasteiger partial charge in [0, 0.05) is 0 Å². The average Bonchev–Trinajstić information content (AvgIpc) is 3.40. The third kappa shape index (κ3) is 12.0. The van der Waals surface area contributed by atoms with Crippen molar-refractivity contribution in [3.8, 4) is 0 Å². The first-order chi connectivity index (χ1) is 35.4. The molecule has 74 heavy (non-hydrogen) atoms. The molecule has 394 valence electrons. The molecule has 0 fully saturated rings. The summed E-state index contributed by atoms with van der Waals surface area (Å²) in [6.07, 6.45) is 8.25. The Morgan fingerprint density at radius 3 is 0.973 bits per heavy atom. The Labute approximate surface area is 456 Å². The van der Waals surface area contributed by atoms with Crippen molar-refractivity contribution in [3.63, 3.8) is 0 Å². The Kier molecular flexibility index (Phi) is 19.6. The summed E-state index contributed by atoms with van der Waals surface area (Å²) in [7, 11) is -9.57. The van der Waals surface area contributed by atoms with E-state index in [0.29, 0.717) is 6.61 Å². The van der Waals surface area contributed by atoms with Gasteiger partial charge in [0.15, 0.2) is 0 Å². The molecule has 1 aliphatic rings. The van der Waals surface area contributed by atoms with Crippen LogP contribution in [0, 0.1) is 0 Å². The summed E-state index contributed by atoms with van der Waals surface area (Å²) in [5.74, 6) is 0. The maximum absolute atomic E-state index is 8.67. The molecule has 8 heteroatoms. The van der Waals surface area contributed by atoms with E-state index < -0.39 is 61.6 Å². The normalized spacial score (nSPS) is 17.1. The van der Waals surface area contributed by atoms with Crippen LogP contribution >= 0.6 is 0 Å². The molecule has 0 spiro atoms.